The van der Waals surface area contributed by atoms with Crippen LogP contribution in [-0.2, 0) is 6.42 Å². The first-order valence-corrected chi connectivity index (χ1v) is 6.94. The van der Waals surface area contributed by atoms with E-state index >= 15 is 0 Å². The predicted molar refractivity (Wildman–Crippen MR) is 74.7 cm³/mol. The Balaban J connectivity index is 2.92. The molecule has 0 unspecified atom stereocenters. The smallest absolute Gasteiger partial charge is 0.124 e. The van der Waals surface area contributed by atoms with Crippen LogP contribution in [0.25, 0.3) is 0 Å². The third-order valence-electron chi connectivity index (χ3n) is 3.55. The van der Waals surface area contributed by atoms with Gasteiger partial charge in [-0.3, -0.25) is 0 Å². The molecular weight excluding hydrogens is 281 g/mol. The van der Waals surface area contributed by atoms with Gasteiger partial charge in [0.05, 0.1) is 0 Å². The van der Waals surface area contributed by atoms with Crippen molar-refractivity contribution in [3.8, 4) is 0 Å². The summed E-state index contributed by atoms with van der Waals surface area (Å²) in [6, 6.07) is 5.15. The van der Waals surface area contributed by atoms with Gasteiger partial charge in [0.15, 0.2) is 0 Å². The minimum Gasteiger partial charge on any atom is -0.319 e. The van der Waals surface area contributed by atoms with Gasteiger partial charge in [-0.2, -0.15) is 0 Å². The summed E-state index contributed by atoms with van der Waals surface area (Å²) in [5, 5.41) is 3.25. The number of hydrogen-bond acceptors (Lipinski definition) is 1. The van der Waals surface area contributed by atoms with E-state index in [1.165, 1.54) is 6.07 Å². The van der Waals surface area contributed by atoms with E-state index in [4.69, 9.17) is 0 Å². The Kier molecular flexibility index (Phi) is 5.60. The second-order valence-corrected chi connectivity index (χ2v) is 5.61. The van der Waals surface area contributed by atoms with E-state index in [1.54, 1.807) is 6.07 Å². The predicted octanol–water partition coefficient (Wildman–Crippen LogP) is 4.16. The van der Waals surface area contributed by atoms with Crippen molar-refractivity contribution in [3.05, 3.63) is 34.1 Å². The fourth-order valence-corrected chi connectivity index (χ4v) is 2.85. The van der Waals surface area contributed by atoms with E-state index in [-0.39, 0.29) is 11.2 Å². The zero-order chi connectivity index (χ0) is 12.9. The summed E-state index contributed by atoms with van der Waals surface area (Å²) in [5.74, 6) is -0.167. The van der Waals surface area contributed by atoms with E-state index in [1.807, 2.05) is 13.1 Å². The van der Waals surface area contributed by atoms with Crippen molar-refractivity contribution in [2.75, 3.05) is 13.6 Å². The van der Waals surface area contributed by atoms with E-state index in [0.717, 1.165) is 35.8 Å². The lowest BCUT2D eigenvalue weighted by Gasteiger charge is -2.31. The summed E-state index contributed by atoms with van der Waals surface area (Å²) < 4.78 is 14.2. The van der Waals surface area contributed by atoms with Crippen LogP contribution in [0.5, 0.6) is 0 Å². The van der Waals surface area contributed by atoms with Crippen molar-refractivity contribution < 1.29 is 4.39 Å². The molecule has 1 aromatic carbocycles. The molecule has 0 atom stereocenters. The number of benzene rings is 1. The molecular formula is C14H21BrFN. The molecule has 3 heteroatoms. The molecule has 1 rings (SSSR count). The maximum absolute atomic E-state index is 13.4. The lowest BCUT2D eigenvalue weighted by molar-refractivity contribution is 0.253. The summed E-state index contributed by atoms with van der Waals surface area (Å²) in [7, 11) is 1.97. The molecule has 0 heterocycles. The topological polar surface area (TPSA) is 12.0 Å². The zero-order valence-corrected chi connectivity index (χ0v) is 12.4. The summed E-state index contributed by atoms with van der Waals surface area (Å²) in [4.78, 5) is 0. The van der Waals surface area contributed by atoms with Crippen LogP contribution < -0.4 is 5.32 Å². The number of rotatable bonds is 6. The SMILES string of the molecule is CCC(CC)(CNC)Cc1cc(F)cc(Br)c1. The largest absolute Gasteiger partial charge is 0.319 e. The molecule has 0 fully saturated rings. The first-order valence-electron chi connectivity index (χ1n) is 6.15. The van der Waals surface area contributed by atoms with Gasteiger partial charge in [-0.1, -0.05) is 29.8 Å². The Bertz CT molecular complexity index is 341. The van der Waals surface area contributed by atoms with Gasteiger partial charge in [0.1, 0.15) is 5.82 Å². The van der Waals surface area contributed by atoms with Gasteiger partial charge in [-0.25, -0.2) is 4.39 Å². The van der Waals surface area contributed by atoms with E-state index < -0.39 is 0 Å². The number of halogens is 2. The lowest BCUT2D eigenvalue weighted by Crippen LogP contribution is -2.33. The number of hydrogen-bond donors (Lipinski definition) is 1. The molecule has 1 nitrogen and oxygen atoms in total. The summed E-state index contributed by atoms with van der Waals surface area (Å²) in [5.41, 5.74) is 1.29. The van der Waals surface area contributed by atoms with Crippen molar-refractivity contribution in [3.63, 3.8) is 0 Å². The Hall–Kier alpha value is -0.410. The van der Waals surface area contributed by atoms with Crippen LogP contribution >= 0.6 is 15.9 Å². The van der Waals surface area contributed by atoms with E-state index in [0.29, 0.717) is 0 Å². The van der Waals surface area contributed by atoms with Crippen molar-refractivity contribution in [2.45, 2.75) is 33.1 Å². The molecule has 0 spiro atoms. The first-order chi connectivity index (χ1) is 8.05. The van der Waals surface area contributed by atoms with Crippen molar-refractivity contribution in [1.82, 2.24) is 5.32 Å². The molecule has 1 N–H and O–H groups in total. The molecule has 17 heavy (non-hydrogen) atoms. The molecule has 0 bridgehead atoms. The fraction of sp³-hybridized carbons (Fsp3) is 0.571. The van der Waals surface area contributed by atoms with Crippen LogP contribution in [0, 0.1) is 11.2 Å². The van der Waals surface area contributed by atoms with E-state index in [2.05, 4.69) is 35.1 Å². The van der Waals surface area contributed by atoms with Crippen molar-refractivity contribution in [2.24, 2.45) is 5.41 Å². The third-order valence-corrected chi connectivity index (χ3v) is 4.01. The molecule has 0 saturated carbocycles. The minimum atomic E-state index is -0.167. The molecule has 0 amide bonds. The van der Waals surface area contributed by atoms with Crippen LogP contribution in [-0.4, -0.2) is 13.6 Å². The Morgan fingerprint density at radius 2 is 1.88 bits per heavy atom. The highest BCUT2D eigenvalue weighted by atomic mass is 79.9. The fourth-order valence-electron chi connectivity index (χ4n) is 2.33. The van der Waals surface area contributed by atoms with Gasteiger partial charge in [0.2, 0.25) is 0 Å². The van der Waals surface area contributed by atoms with Gasteiger partial charge in [0, 0.05) is 11.0 Å². The lowest BCUT2D eigenvalue weighted by atomic mass is 9.77. The molecule has 0 aliphatic carbocycles. The maximum atomic E-state index is 13.4. The van der Waals surface area contributed by atoms with Crippen LogP contribution in [0.15, 0.2) is 22.7 Å². The normalized spacial score (nSPS) is 11.8. The Labute approximate surface area is 112 Å². The average molecular weight is 302 g/mol. The second kappa shape index (κ2) is 6.50. The van der Waals surface area contributed by atoms with Crippen molar-refractivity contribution >= 4 is 15.9 Å². The molecule has 0 saturated heterocycles. The van der Waals surface area contributed by atoms with Crippen LogP contribution in [0.1, 0.15) is 32.3 Å². The standard InChI is InChI=1S/C14H21BrFN/c1-4-14(5-2,10-17-3)9-11-6-12(15)8-13(16)7-11/h6-8,17H,4-5,9-10H2,1-3H3. The monoisotopic (exact) mass is 301 g/mol. The molecule has 0 aromatic heterocycles. The second-order valence-electron chi connectivity index (χ2n) is 4.69. The van der Waals surface area contributed by atoms with Crippen LogP contribution in [0.2, 0.25) is 0 Å². The van der Waals surface area contributed by atoms with Crippen LogP contribution in [0.4, 0.5) is 4.39 Å². The summed E-state index contributed by atoms with van der Waals surface area (Å²) in [6.45, 7) is 5.37. The zero-order valence-electron chi connectivity index (χ0n) is 10.8. The van der Waals surface area contributed by atoms with Gasteiger partial charge in [0.25, 0.3) is 0 Å². The Morgan fingerprint density at radius 1 is 1.24 bits per heavy atom. The average Bonchev–Trinajstić information content (AvgIpc) is 2.27. The van der Waals surface area contributed by atoms with E-state index in [9.17, 15) is 4.39 Å². The molecule has 96 valence electrons. The van der Waals surface area contributed by atoms with Gasteiger partial charge >= 0.3 is 0 Å². The van der Waals surface area contributed by atoms with Crippen LogP contribution in [0.3, 0.4) is 0 Å². The van der Waals surface area contributed by atoms with Crippen molar-refractivity contribution in [1.29, 1.82) is 0 Å². The van der Waals surface area contributed by atoms with Gasteiger partial charge in [-0.15, -0.1) is 0 Å². The minimum absolute atomic E-state index is 0.167. The maximum Gasteiger partial charge on any atom is 0.124 e. The highest BCUT2D eigenvalue weighted by Crippen LogP contribution is 2.31. The molecule has 0 radical (unpaired) electrons. The summed E-state index contributed by atoms with van der Waals surface area (Å²) in [6.07, 6.45) is 3.11. The number of nitrogens with one attached hydrogen (secondary N) is 1. The highest BCUT2D eigenvalue weighted by Gasteiger charge is 2.25. The van der Waals surface area contributed by atoms with Gasteiger partial charge < -0.3 is 5.32 Å². The molecule has 0 aliphatic heterocycles. The summed E-state index contributed by atoms with van der Waals surface area (Å²) >= 11 is 3.35. The third kappa shape index (κ3) is 4.07. The molecule has 0 aliphatic rings. The highest BCUT2D eigenvalue weighted by molar-refractivity contribution is 9.10. The Morgan fingerprint density at radius 3 is 2.35 bits per heavy atom. The molecule has 1 aromatic rings. The quantitative estimate of drug-likeness (QED) is 0.832. The van der Waals surface area contributed by atoms with Gasteiger partial charge in [-0.05, 0) is 55.5 Å². The first kappa shape index (κ1) is 14.7.